The fraction of sp³-hybridized carbons (Fsp3) is 0.133. The molecule has 2 aromatic rings. The summed E-state index contributed by atoms with van der Waals surface area (Å²) in [5.41, 5.74) is 7.78. The lowest BCUT2D eigenvalue weighted by atomic mass is 10.1. The van der Waals surface area contributed by atoms with Crippen LogP contribution in [-0.4, -0.2) is 16.1 Å². The van der Waals surface area contributed by atoms with Gasteiger partial charge in [-0.1, -0.05) is 19.1 Å². The average Bonchev–Trinajstić information content (AvgIpc) is 2.38. The molecule has 0 aliphatic rings. The quantitative estimate of drug-likeness (QED) is 0.645. The molecule has 0 aromatic heterocycles. The van der Waals surface area contributed by atoms with Crippen LogP contribution in [0.3, 0.4) is 0 Å². The zero-order valence-corrected chi connectivity index (χ0v) is 11.1. The lowest BCUT2D eigenvalue weighted by Crippen LogP contribution is -2.12. The van der Waals surface area contributed by atoms with Gasteiger partial charge in [-0.3, -0.25) is 4.79 Å². The van der Waals surface area contributed by atoms with Gasteiger partial charge >= 0.3 is 0 Å². The Hall–Kier alpha value is -2.69. The molecule has 0 spiro atoms. The van der Waals surface area contributed by atoms with E-state index >= 15 is 0 Å². The van der Waals surface area contributed by atoms with Crippen molar-refractivity contribution >= 4 is 17.3 Å². The predicted octanol–water partition coefficient (Wildman–Crippen LogP) is 2.49. The van der Waals surface area contributed by atoms with E-state index in [0.29, 0.717) is 11.4 Å². The molecular weight excluding hydrogens is 256 g/mol. The van der Waals surface area contributed by atoms with Gasteiger partial charge in [-0.05, 0) is 36.2 Å². The zero-order chi connectivity index (χ0) is 14.7. The Labute approximate surface area is 116 Å². The highest BCUT2D eigenvalue weighted by atomic mass is 16.3. The number of carbonyl (C=O) groups is 1. The van der Waals surface area contributed by atoms with Crippen molar-refractivity contribution in [2.24, 2.45) is 0 Å². The van der Waals surface area contributed by atoms with Gasteiger partial charge in [-0.2, -0.15) is 0 Å². The molecule has 0 radical (unpaired) electrons. The number of hydrogen-bond donors (Lipinski definition) is 4. The number of rotatable bonds is 3. The van der Waals surface area contributed by atoms with Crippen molar-refractivity contribution in [1.82, 2.24) is 0 Å². The van der Waals surface area contributed by atoms with Crippen LogP contribution in [0, 0.1) is 0 Å². The number of nitrogens with two attached hydrogens (primary N) is 1. The second-order valence-corrected chi connectivity index (χ2v) is 4.39. The fourth-order valence-electron chi connectivity index (χ4n) is 1.95. The Kier molecular flexibility index (Phi) is 3.79. The van der Waals surface area contributed by atoms with Crippen molar-refractivity contribution in [3.63, 3.8) is 0 Å². The number of hydrogen-bond acceptors (Lipinski definition) is 4. The molecule has 5 nitrogen and oxygen atoms in total. The van der Waals surface area contributed by atoms with Gasteiger partial charge in [0.1, 0.15) is 17.1 Å². The Morgan fingerprint density at radius 3 is 2.40 bits per heavy atom. The third kappa shape index (κ3) is 2.66. The van der Waals surface area contributed by atoms with Gasteiger partial charge in [0.15, 0.2) is 0 Å². The highest BCUT2D eigenvalue weighted by molar-refractivity contribution is 6.08. The van der Waals surface area contributed by atoms with E-state index in [0.717, 1.165) is 12.0 Å². The van der Waals surface area contributed by atoms with Crippen molar-refractivity contribution in [1.29, 1.82) is 0 Å². The van der Waals surface area contributed by atoms with Gasteiger partial charge in [0, 0.05) is 11.4 Å². The molecule has 2 aromatic carbocycles. The van der Waals surface area contributed by atoms with Crippen molar-refractivity contribution in [2.75, 3.05) is 11.1 Å². The Balaban J connectivity index is 2.26. The van der Waals surface area contributed by atoms with Gasteiger partial charge in [-0.15, -0.1) is 0 Å². The Morgan fingerprint density at radius 1 is 1.20 bits per heavy atom. The molecule has 0 unspecified atom stereocenters. The summed E-state index contributed by atoms with van der Waals surface area (Å²) in [4.78, 5) is 12.0. The number of carbonyl (C=O) groups excluding carboxylic acids is 1. The van der Waals surface area contributed by atoms with Crippen LogP contribution in [0.2, 0.25) is 0 Å². The predicted molar refractivity (Wildman–Crippen MR) is 78.0 cm³/mol. The van der Waals surface area contributed by atoms with E-state index in [9.17, 15) is 15.0 Å². The van der Waals surface area contributed by atoms with E-state index in [-0.39, 0.29) is 17.1 Å². The zero-order valence-electron chi connectivity index (χ0n) is 11.1. The molecule has 0 bridgehead atoms. The van der Waals surface area contributed by atoms with Crippen LogP contribution in [0.1, 0.15) is 22.8 Å². The van der Waals surface area contributed by atoms with Crippen LogP contribution in [0.15, 0.2) is 36.4 Å². The first-order valence-electron chi connectivity index (χ1n) is 6.23. The summed E-state index contributed by atoms with van der Waals surface area (Å²) in [6.07, 6.45) is 0.806. The number of benzene rings is 2. The number of phenols is 2. The lowest BCUT2D eigenvalue weighted by molar-refractivity contribution is 0.102. The minimum absolute atomic E-state index is 0.161. The topological polar surface area (TPSA) is 95.6 Å². The summed E-state index contributed by atoms with van der Waals surface area (Å²) < 4.78 is 0. The molecule has 1 amide bonds. The van der Waals surface area contributed by atoms with Crippen molar-refractivity contribution < 1.29 is 15.0 Å². The smallest absolute Gasteiger partial charge is 0.263 e. The largest absolute Gasteiger partial charge is 0.507 e. The van der Waals surface area contributed by atoms with E-state index in [1.54, 1.807) is 12.1 Å². The number of nitrogen functional groups attached to an aromatic ring is 1. The average molecular weight is 272 g/mol. The summed E-state index contributed by atoms with van der Waals surface area (Å²) in [5, 5.41) is 21.9. The summed E-state index contributed by atoms with van der Waals surface area (Å²) >= 11 is 0. The van der Waals surface area contributed by atoms with Crippen LogP contribution in [0.25, 0.3) is 0 Å². The molecular formula is C15H16N2O3. The van der Waals surface area contributed by atoms with E-state index < -0.39 is 5.91 Å². The monoisotopic (exact) mass is 272 g/mol. The third-order valence-corrected chi connectivity index (χ3v) is 3.03. The van der Waals surface area contributed by atoms with Crippen LogP contribution in [-0.2, 0) is 6.42 Å². The molecule has 0 aliphatic carbocycles. The number of phenolic OH excluding ortho intramolecular Hbond substituents is 2. The Bertz CT molecular complexity index is 633. The Morgan fingerprint density at radius 2 is 1.85 bits per heavy atom. The number of aryl methyl sites for hydroxylation is 1. The van der Waals surface area contributed by atoms with Gasteiger partial charge in [-0.25, -0.2) is 0 Å². The van der Waals surface area contributed by atoms with Crippen LogP contribution < -0.4 is 11.1 Å². The molecule has 0 aliphatic heterocycles. The summed E-state index contributed by atoms with van der Waals surface area (Å²) in [6, 6.07) is 9.33. The fourth-order valence-corrected chi connectivity index (χ4v) is 1.95. The maximum Gasteiger partial charge on any atom is 0.263 e. The molecule has 104 valence electrons. The van der Waals surface area contributed by atoms with Gasteiger partial charge < -0.3 is 21.3 Å². The summed E-state index contributed by atoms with van der Waals surface area (Å²) in [5.74, 6) is -1.15. The number of amides is 1. The highest BCUT2D eigenvalue weighted by Crippen LogP contribution is 2.27. The molecule has 0 saturated heterocycles. The molecule has 0 heterocycles. The van der Waals surface area contributed by atoms with Crippen molar-refractivity contribution in [3.8, 4) is 11.5 Å². The molecule has 5 heteroatoms. The molecule has 0 fully saturated rings. The standard InChI is InChI=1S/C15H16N2O3/c1-2-9-6-7-10(8-11(9)16)17-15(20)14-12(18)4-3-5-13(14)19/h3-8,18-19H,2,16H2,1H3,(H,17,20). The first-order chi connectivity index (χ1) is 9.52. The van der Waals surface area contributed by atoms with Crippen LogP contribution in [0.5, 0.6) is 11.5 Å². The minimum atomic E-state index is -0.593. The molecule has 5 N–H and O–H groups in total. The normalized spacial score (nSPS) is 10.2. The van der Waals surface area contributed by atoms with E-state index in [4.69, 9.17) is 5.73 Å². The van der Waals surface area contributed by atoms with E-state index in [2.05, 4.69) is 5.32 Å². The SMILES string of the molecule is CCc1ccc(NC(=O)c2c(O)cccc2O)cc1N. The molecule has 0 atom stereocenters. The second-order valence-electron chi connectivity index (χ2n) is 4.39. The van der Waals surface area contributed by atoms with Crippen LogP contribution in [0.4, 0.5) is 11.4 Å². The second kappa shape index (κ2) is 5.52. The van der Waals surface area contributed by atoms with Gasteiger partial charge in [0.25, 0.3) is 5.91 Å². The van der Waals surface area contributed by atoms with Crippen molar-refractivity contribution in [2.45, 2.75) is 13.3 Å². The van der Waals surface area contributed by atoms with Crippen molar-refractivity contribution in [3.05, 3.63) is 47.5 Å². The van der Waals surface area contributed by atoms with Gasteiger partial charge in [0.05, 0.1) is 0 Å². The van der Waals surface area contributed by atoms with E-state index in [1.807, 2.05) is 13.0 Å². The summed E-state index contributed by atoms with van der Waals surface area (Å²) in [6.45, 7) is 1.99. The first-order valence-corrected chi connectivity index (χ1v) is 6.23. The maximum atomic E-state index is 12.0. The summed E-state index contributed by atoms with van der Waals surface area (Å²) in [7, 11) is 0. The lowest BCUT2D eigenvalue weighted by Gasteiger charge is -2.10. The van der Waals surface area contributed by atoms with Gasteiger partial charge in [0.2, 0.25) is 0 Å². The minimum Gasteiger partial charge on any atom is -0.507 e. The number of nitrogens with one attached hydrogen (secondary N) is 1. The number of aromatic hydroxyl groups is 2. The maximum absolute atomic E-state index is 12.0. The molecule has 2 rings (SSSR count). The highest BCUT2D eigenvalue weighted by Gasteiger charge is 2.16. The number of anilines is 2. The third-order valence-electron chi connectivity index (χ3n) is 3.03. The van der Waals surface area contributed by atoms with E-state index in [1.165, 1.54) is 18.2 Å². The molecule has 0 saturated carbocycles. The first kappa shape index (κ1) is 13.7. The molecule has 20 heavy (non-hydrogen) atoms. The van der Waals surface area contributed by atoms with Crippen LogP contribution >= 0.6 is 0 Å².